The third kappa shape index (κ3) is 66.5. The van der Waals surface area contributed by atoms with E-state index in [4.69, 9.17) is 37.0 Å². The molecule has 0 spiro atoms. The van der Waals surface area contributed by atoms with Crippen LogP contribution in [0.1, 0.15) is 369 Å². The summed E-state index contributed by atoms with van der Waals surface area (Å²) in [5.74, 6) is -0.558. The van der Waals surface area contributed by atoms with E-state index in [0.717, 1.165) is 115 Å². The summed E-state index contributed by atoms with van der Waals surface area (Å²) in [6, 6.07) is 0. The molecule has 0 rings (SSSR count). The molecule has 540 valence electrons. The number of hydrogen-bond acceptors (Lipinski definition) is 15. The number of phosphoric ester groups is 2. The average Bonchev–Trinajstić information content (AvgIpc) is 3.57. The van der Waals surface area contributed by atoms with Crippen molar-refractivity contribution in [2.75, 3.05) is 39.6 Å². The highest BCUT2D eigenvalue weighted by Crippen LogP contribution is 2.45. The Labute approximate surface area is 556 Å². The largest absolute Gasteiger partial charge is 0.472 e. The molecule has 91 heavy (non-hydrogen) atoms. The summed E-state index contributed by atoms with van der Waals surface area (Å²) in [6.07, 6.45) is 50.0. The van der Waals surface area contributed by atoms with Gasteiger partial charge in [0, 0.05) is 25.7 Å². The van der Waals surface area contributed by atoms with Gasteiger partial charge < -0.3 is 33.8 Å². The van der Waals surface area contributed by atoms with Crippen LogP contribution in [0.15, 0.2) is 0 Å². The first kappa shape index (κ1) is 89.1. The van der Waals surface area contributed by atoms with Gasteiger partial charge in [0.05, 0.1) is 26.4 Å². The highest BCUT2D eigenvalue weighted by molar-refractivity contribution is 7.47. The van der Waals surface area contributed by atoms with E-state index in [0.29, 0.717) is 25.7 Å². The van der Waals surface area contributed by atoms with E-state index in [9.17, 15) is 43.2 Å². The van der Waals surface area contributed by atoms with Crippen LogP contribution in [0, 0.1) is 11.8 Å². The van der Waals surface area contributed by atoms with Crippen LogP contribution in [0.25, 0.3) is 0 Å². The average molecular weight is 1340 g/mol. The van der Waals surface area contributed by atoms with E-state index in [1.165, 1.54) is 173 Å². The first-order chi connectivity index (χ1) is 43.9. The van der Waals surface area contributed by atoms with Crippen LogP contribution in [0.2, 0.25) is 0 Å². The highest BCUT2D eigenvalue weighted by Gasteiger charge is 2.30. The zero-order valence-corrected chi connectivity index (χ0v) is 60.9. The minimum Gasteiger partial charge on any atom is -0.462 e. The van der Waals surface area contributed by atoms with Gasteiger partial charge in [-0.3, -0.25) is 37.3 Å². The minimum atomic E-state index is -4.95. The first-order valence-corrected chi connectivity index (χ1v) is 40.5. The number of aliphatic hydroxyl groups excluding tert-OH is 1. The van der Waals surface area contributed by atoms with Gasteiger partial charge in [-0.1, -0.05) is 318 Å². The fourth-order valence-corrected chi connectivity index (χ4v) is 12.5. The Morgan fingerprint density at radius 1 is 0.297 bits per heavy atom. The molecule has 19 heteroatoms. The maximum atomic E-state index is 13.0. The lowest BCUT2D eigenvalue weighted by Crippen LogP contribution is -2.30. The predicted octanol–water partition coefficient (Wildman–Crippen LogP) is 20.8. The highest BCUT2D eigenvalue weighted by atomic mass is 31.2. The van der Waals surface area contributed by atoms with Crippen LogP contribution in [-0.2, 0) is 65.4 Å². The van der Waals surface area contributed by atoms with Crippen LogP contribution in [0.5, 0.6) is 0 Å². The molecule has 3 N–H and O–H groups in total. The Kier molecular flexibility index (Phi) is 62.7. The van der Waals surface area contributed by atoms with Crippen LogP contribution in [0.4, 0.5) is 0 Å². The lowest BCUT2D eigenvalue weighted by Gasteiger charge is -2.21. The van der Waals surface area contributed by atoms with Gasteiger partial charge in [-0.05, 0) is 37.5 Å². The smallest absolute Gasteiger partial charge is 0.462 e. The number of phosphoric acid groups is 2. The number of rotatable bonds is 71. The molecule has 5 atom stereocenters. The van der Waals surface area contributed by atoms with Crippen LogP contribution in [0.3, 0.4) is 0 Å². The molecule has 0 aliphatic heterocycles. The molecule has 0 bridgehead atoms. The molecule has 17 nitrogen and oxygen atoms in total. The lowest BCUT2D eigenvalue weighted by molar-refractivity contribution is -0.161. The number of carbonyl (C=O) groups is 4. The van der Waals surface area contributed by atoms with Gasteiger partial charge in [0.25, 0.3) is 0 Å². The molecule has 2 unspecified atom stereocenters. The standard InChI is InChI=1S/C72H140O17P2/c1-7-9-11-13-15-16-17-20-26-32-38-44-50-56-71(76)88-67(60-82-69(74)54-48-42-34-14-12-10-8-2)62-86-90(78,79)84-58-66(73)59-85-91(80,81)87-63-68(61-83-70(75)55-49-43-37-31-28-23-25-30-36-41-47-53-65(5)6)89-72(77)57-51-45-39-33-27-22-19-18-21-24-29-35-40-46-52-64(3)4/h64-68,73H,7-63H2,1-6H3,(H,78,79)(H,80,81)/t66-,67+,68+/m0/s1. The molecule has 0 aromatic rings. The summed E-state index contributed by atoms with van der Waals surface area (Å²) in [5.41, 5.74) is 0. The van der Waals surface area contributed by atoms with Gasteiger partial charge in [0.2, 0.25) is 0 Å². The van der Waals surface area contributed by atoms with Crippen molar-refractivity contribution in [3.8, 4) is 0 Å². The topological polar surface area (TPSA) is 237 Å². The molecule has 0 saturated carbocycles. The van der Waals surface area contributed by atoms with Crippen molar-refractivity contribution in [3.05, 3.63) is 0 Å². The fourth-order valence-electron chi connectivity index (χ4n) is 10.9. The van der Waals surface area contributed by atoms with Crippen molar-refractivity contribution >= 4 is 39.5 Å². The van der Waals surface area contributed by atoms with Crippen LogP contribution >= 0.6 is 15.6 Å². The fraction of sp³-hybridized carbons (Fsp3) is 0.944. The Hall–Kier alpha value is -1.94. The number of aliphatic hydroxyl groups is 1. The maximum absolute atomic E-state index is 13.0. The SMILES string of the molecule is CCCCCCCCCCCCCCCC(=O)O[C@H](COC(=O)CCCCCCCCC)COP(=O)(O)OC[C@H](O)COP(=O)(O)OC[C@@H](COC(=O)CCCCCCCCCCCCCC(C)C)OC(=O)CCCCCCCCCCCCCCCCC(C)C. The van der Waals surface area contributed by atoms with Crippen molar-refractivity contribution < 1.29 is 80.2 Å². The third-order valence-electron chi connectivity index (χ3n) is 16.7. The minimum absolute atomic E-state index is 0.107. The zero-order valence-electron chi connectivity index (χ0n) is 59.1. The summed E-state index contributed by atoms with van der Waals surface area (Å²) in [4.78, 5) is 72.5. The molecule has 0 amide bonds. The molecule has 0 aromatic heterocycles. The van der Waals surface area contributed by atoms with E-state index in [-0.39, 0.29) is 25.7 Å². The Bertz CT molecular complexity index is 1770. The second-order valence-corrected chi connectivity index (χ2v) is 29.8. The molecular weight excluding hydrogens is 1200 g/mol. The number of unbranched alkanes of at least 4 members (excludes halogenated alkanes) is 41. The van der Waals surface area contributed by atoms with Crippen molar-refractivity contribution in [2.45, 2.75) is 387 Å². The summed E-state index contributed by atoms with van der Waals surface area (Å²) in [7, 11) is -9.90. The quantitative estimate of drug-likeness (QED) is 0.0222. The zero-order chi connectivity index (χ0) is 67.2. The molecule has 0 heterocycles. The number of carbonyl (C=O) groups excluding carboxylic acids is 4. The Balaban J connectivity index is 5.20. The van der Waals surface area contributed by atoms with Gasteiger partial charge in [-0.2, -0.15) is 0 Å². The molecule has 0 aliphatic carbocycles. The van der Waals surface area contributed by atoms with Gasteiger partial charge in [-0.25, -0.2) is 9.13 Å². The van der Waals surface area contributed by atoms with Crippen molar-refractivity contribution in [2.24, 2.45) is 11.8 Å². The first-order valence-electron chi connectivity index (χ1n) is 37.5. The van der Waals surface area contributed by atoms with Crippen molar-refractivity contribution in [3.63, 3.8) is 0 Å². The van der Waals surface area contributed by atoms with Gasteiger partial charge in [0.15, 0.2) is 12.2 Å². The second kappa shape index (κ2) is 64.1. The van der Waals surface area contributed by atoms with E-state index in [1.807, 2.05) is 0 Å². The third-order valence-corrected chi connectivity index (χ3v) is 18.6. The Morgan fingerprint density at radius 3 is 0.747 bits per heavy atom. The summed E-state index contributed by atoms with van der Waals surface area (Å²) in [6.45, 7) is 9.56. The normalized spacial score (nSPS) is 14.1. The van der Waals surface area contributed by atoms with Gasteiger partial charge >= 0.3 is 39.5 Å². The summed E-state index contributed by atoms with van der Waals surface area (Å²) < 4.78 is 68.3. The van der Waals surface area contributed by atoms with Crippen molar-refractivity contribution in [1.29, 1.82) is 0 Å². The lowest BCUT2D eigenvalue weighted by atomic mass is 10.0. The number of hydrogen-bond donors (Lipinski definition) is 3. The van der Waals surface area contributed by atoms with E-state index >= 15 is 0 Å². The number of esters is 4. The molecule has 0 aromatic carbocycles. The van der Waals surface area contributed by atoms with Gasteiger partial charge in [-0.15, -0.1) is 0 Å². The van der Waals surface area contributed by atoms with Gasteiger partial charge in [0.1, 0.15) is 19.3 Å². The van der Waals surface area contributed by atoms with E-state index in [1.54, 1.807) is 0 Å². The Morgan fingerprint density at radius 2 is 0.505 bits per heavy atom. The number of ether oxygens (including phenoxy) is 4. The van der Waals surface area contributed by atoms with E-state index < -0.39 is 97.5 Å². The van der Waals surface area contributed by atoms with Crippen LogP contribution in [-0.4, -0.2) is 96.7 Å². The molecule has 0 fully saturated rings. The van der Waals surface area contributed by atoms with Crippen LogP contribution < -0.4 is 0 Å². The molecule has 0 aliphatic rings. The maximum Gasteiger partial charge on any atom is 0.472 e. The molecule has 0 saturated heterocycles. The summed E-state index contributed by atoms with van der Waals surface area (Å²) in [5, 5.41) is 10.6. The second-order valence-electron chi connectivity index (χ2n) is 26.9. The molecular formula is C72H140O17P2. The monoisotopic (exact) mass is 1340 g/mol. The summed E-state index contributed by atoms with van der Waals surface area (Å²) >= 11 is 0. The van der Waals surface area contributed by atoms with E-state index in [2.05, 4.69) is 41.5 Å². The van der Waals surface area contributed by atoms with Crippen molar-refractivity contribution in [1.82, 2.24) is 0 Å². The predicted molar refractivity (Wildman–Crippen MR) is 368 cm³/mol. The molecule has 0 radical (unpaired) electrons.